The van der Waals surface area contributed by atoms with Gasteiger partial charge in [-0.1, -0.05) is 12.1 Å². The predicted octanol–water partition coefficient (Wildman–Crippen LogP) is 2.17. The van der Waals surface area contributed by atoms with Gasteiger partial charge in [-0.2, -0.15) is 0 Å². The Balaban J connectivity index is 1.53. The molecule has 1 N–H and O–H groups in total. The van der Waals surface area contributed by atoms with Crippen LogP contribution in [0.25, 0.3) is 0 Å². The van der Waals surface area contributed by atoms with Gasteiger partial charge in [0.1, 0.15) is 18.2 Å². The minimum atomic E-state index is -3.60. The summed E-state index contributed by atoms with van der Waals surface area (Å²) in [6, 6.07) is 10.5. The third-order valence-electron chi connectivity index (χ3n) is 4.34. The minimum absolute atomic E-state index is 0.0580. The number of sulfonamides is 1. The number of ether oxygens (including phenoxy) is 2. The van der Waals surface area contributed by atoms with Crippen LogP contribution in [0, 0.1) is 10.1 Å². The number of non-ortho nitro benzene ring substituents is 1. The topological polar surface area (TPSA) is 137 Å². The number of hydrogen-bond acceptors (Lipinski definition) is 8. The van der Waals surface area contributed by atoms with Crippen LogP contribution in [0.4, 0.5) is 5.69 Å². The van der Waals surface area contributed by atoms with Crippen LogP contribution in [0.15, 0.2) is 52.4 Å². The number of hydrogen-bond donors (Lipinski definition) is 1. The van der Waals surface area contributed by atoms with E-state index in [1.165, 1.54) is 31.4 Å². The molecule has 0 aromatic heterocycles. The zero-order valence-corrected chi connectivity index (χ0v) is 16.8. The van der Waals surface area contributed by atoms with Crippen LogP contribution in [0.3, 0.4) is 0 Å². The molecule has 1 aliphatic heterocycles. The number of benzene rings is 2. The Labute approximate surface area is 172 Å². The second kappa shape index (κ2) is 8.91. The lowest BCUT2D eigenvalue weighted by molar-refractivity contribution is -0.385. The second-order valence-corrected chi connectivity index (χ2v) is 8.00. The normalized spacial score (nSPS) is 15.3. The quantitative estimate of drug-likeness (QED) is 0.291. The number of methoxy groups -OCH3 is 1. The molecule has 0 radical (unpaired) electrons. The Kier molecular flexibility index (Phi) is 6.31. The number of carbonyl (C=O) groups is 1. The number of aliphatic imine (C=N–C) groups is 1. The standard InChI is InChI=1S/C19H19N3O7S/c1-28-16-9-8-14(22(24)25)11-13(16)12-29-18(23)7-4-10-20-19-15-5-2-3-6-17(15)30(26,27)21-19/h2-3,5-6,8-9,11H,4,7,10,12H2,1H3,(H,20,21). The molecule has 1 heterocycles. The van der Waals surface area contributed by atoms with E-state index in [-0.39, 0.29) is 36.0 Å². The number of rotatable bonds is 8. The fourth-order valence-electron chi connectivity index (χ4n) is 2.89. The summed E-state index contributed by atoms with van der Waals surface area (Å²) < 4.78 is 36.7. The Morgan fingerprint density at radius 3 is 2.73 bits per heavy atom. The fourth-order valence-corrected chi connectivity index (χ4v) is 4.14. The molecule has 2 aromatic rings. The van der Waals surface area contributed by atoms with Crippen molar-refractivity contribution in [1.82, 2.24) is 4.72 Å². The van der Waals surface area contributed by atoms with Gasteiger partial charge in [0.2, 0.25) is 0 Å². The molecule has 0 amide bonds. The molecule has 11 heteroatoms. The molecule has 0 saturated heterocycles. The van der Waals surface area contributed by atoms with E-state index in [4.69, 9.17) is 9.47 Å². The van der Waals surface area contributed by atoms with Gasteiger partial charge in [0.25, 0.3) is 15.7 Å². The van der Waals surface area contributed by atoms with Crippen molar-refractivity contribution in [3.63, 3.8) is 0 Å². The molecule has 158 valence electrons. The highest BCUT2D eigenvalue weighted by atomic mass is 32.2. The van der Waals surface area contributed by atoms with E-state index in [0.29, 0.717) is 23.3 Å². The minimum Gasteiger partial charge on any atom is -0.496 e. The first-order valence-corrected chi connectivity index (χ1v) is 10.4. The van der Waals surface area contributed by atoms with E-state index in [1.54, 1.807) is 18.2 Å². The monoisotopic (exact) mass is 433 g/mol. The average molecular weight is 433 g/mol. The van der Waals surface area contributed by atoms with Crippen LogP contribution in [-0.4, -0.2) is 38.8 Å². The van der Waals surface area contributed by atoms with Gasteiger partial charge >= 0.3 is 5.97 Å². The van der Waals surface area contributed by atoms with Crippen molar-refractivity contribution in [2.75, 3.05) is 13.7 Å². The molecule has 0 aliphatic carbocycles. The van der Waals surface area contributed by atoms with Gasteiger partial charge < -0.3 is 9.47 Å². The zero-order chi connectivity index (χ0) is 21.7. The molecule has 0 saturated carbocycles. The van der Waals surface area contributed by atoms with Gasteiger partial charge in [-0.3, -0.25) is 24.6 Å². The van der Waals surface area contributed by atoms with E-state index in [9.17, 15) is 23.3 Å². The average Bonchev–Trinajstić information content (AvgIpc) is 2.99. The predicted molar refractivity (Wildman–Crippen MR) is 107 cm³/mol. The van der Waals surface area contributed by atoms with E-state index < -0.39 is 20.9 Å². The maximum atomic E-state index is 12.0. The molecule has 0 spiro atoms. The molecule has 30 heavy (non-hydrogen) atoms. The first-order valence-electron chi connectivity index (χ1n) is 8.95. The zero-order valence-electron chi connectivity index (χ0n) is 16.0. The van der Waals surface area contributed by atoms with Crippen LogP contribution in [-0.2, 0) is 26.2 Å². The van der Waals surface area contributed by atoms with Crippen LogP contribution in [0.1, 0.15) is 24.0 Å². The molecule has 10 nitrogen and oxygen atoms in total. The first kappa shape index (κ1) is 21.2. The lowest BCUT2D eigenvalue weighted by atomic mass is 10.2. The summed E-state index contributed by atoms with van der Waals surface area (Å²) in [6.07, 6.45) is 0.403. The van der Waals surface area contributed by atoms with Crippen molar-refractivity contribution in [3.05, 3.63) is 63.7 Å². The van der Waals surface area contributed by atoms with E-state index in [1.807, 2.05) is 0 Å². The number of esters is 1. The highest BCUT2D eigenvalue weighted by Crippen LogP contribution is 2.25. The number of nitro groups is 1. The summed E-state index contributed by atoms with van der Waals surface area (Å²) in [6.45, 7) is 0.0623. The van der Waals surface area contributed by atoms with Crippen molar-refractivity contribution in [1.29, 1.82) is 0 Å². The van der Waals surface area contributed by atoms with Gasteiger partial charge in [0, 0.05) is 36.2 Å². The first-order chi connectivity index (χ1) is 14.3. The van der Waals surface area contributed by atoms with E-state index in [0.717, 1.165) is 0 Å². The number of carbonyl (C=O) groups excluding carboxylic acids is 1. The number of nitrogens with zero attached hydrogens (tertiary/aromatic N) is 2. The van der Waals surface area contributed by atoms with Gasteiger partial charge in [-0.15, -0.1) is 0 Å². The number of amidine groups is 1. The van der Waals surface area contributed by atoms with Gasteiger partial charge in [-0.05, 0) is 24.6 Å². The van der Waals surface area contributed by atoms with Crippen molar-refractivity contribution in [3.8, 4) is 5.75 Å². The lowest BCUT2D eigenvalue weighted by Crippen LogP contribution is -2.22. The van der Waals surface area contributed by atoms with E-state index in [2.05, 4.69) is 9.71 Å². The Hall–Kier alpha value is -3.47. The van der Waals surface area contributed by atoms with Crippen LogP contribution in [0.2, 0.25) is 0 Å². The SMILES string of the molecule is COc1ccc([N+](=O)[O-])cc1COC(=O)CCCN=C1NS(=O)(=O)c2ccccc21. The highest BCUT2D eigenvalue weighted by molar-refractivity contribution is 7.90. The van der Waals surface area contributed by atoms with Gasteiger partial charge in [-0.25, -0.2) is 8.42 Å². The summed E-state index contributed by atoms with van der Waals surface area (Å²) in [4.78, 5) is 26.7. The number of fused-ring (bicyclic) bond motifs is 1. The molecule has 2 aromatic carbocycles. The molecule has 0 bridgehead atoms. The Morgan fingerprint density at radius 1 is 1.23 bits per heavy atom. The van der Waals surface area contributed by atoms with Crippen LogP contribution in [0.5, 0.6) is 5.75 Å². The molecule has 1 aliphatic rings. The fraction of sp³-hybridized carbons (Fsp3) is 0.263. The largest absolute Gasteiger partial charge is 0.496 e. The van der Waals surface area contributed by atoms with Gasteiger partial charge in [0.15, 0.2) is 0 Å². The third-order valence-corrected chi connectivity index (χ3v) is 5.73. The number of nitrogens with one attached hydrogen (secondary N) is 1. The van der Waals surface area contributed by atoms with Gasteiger partial charge in [0.05, 0.1) is 16.9 Å². The summed E-state index contributed by atoms with van der Waals surface area (Å²) in [5.74, 6) is 0.128. The van der Waals surface area contributed by atoms with Crippen molar-refractivity contribution in [2.45, 2.75) is 24.3 Å². The summed E-state index contributed by atoms with van der Waals surface area (Å²) >= 11 is 0. The molecule has 0 unspecified atom stereocenters. The van der Waals surface area contributed by atoms with E-state index >= 15 is 0 Å². The van der Waals surface area contributed by atoms with Crippen LogP contribution < -0.4 is 9.46 Å². The summed E-state index contributed by atoms with van der Waals surface area (Å²) in [7, 11) is -2.18. The Morgan fingerprint density at radius 2 is 2.00 bits per heavy atom. The van der Waals surface area contributed by atoms with Crippen molar-refractivity contribution >= 4 is 27.5 Å². The van der Waals surface area contributed by atoms with Crippen molar-refractivity contribution < 1.29 is 27.6 Å². The molecule has 0 fully saturated rings. The second-order valence-electron chi connectivity index (χ2n) is 6.35. The summed E-state index contributed by atoms with van der Waals surface area (Å²) in [5.41, 5.74) is 0.757. The summed E-state index contributed by atoms with van der Waals surface area (Å²) in [5, 5.41) is 10.9. The smallest absolute Gasteiger partial charge is 0.306 e. The maximum Gasteiger partial charge on any atom is 0.306 e. The Bertz CT molecular complexity index is 1110. The lowest BCUT2D eigenvalue weighted by Gasteiger charge is -2.09. The number of nitro benzene ring substituents is 1. The third kappa shape index (κ3) is 4.74. The molecular formula is C19H19N3O7S. The molecule has 0 atom stereocenters. The maximum absolute atomic E-state index is 12.0. The molecule has 3 rings (SSSR count). The van der Waals surface area contributed by atoms with Crippen molar-refractivity contribution in [2.24, 2.45) is 4.99 Å². The molecular weight excluding hydrogens is 414 g/mol. The highest BCUT2D eigenvalue weighted by Gasteiger charge is 2.29. The van der Waals surface area contributed by atoms with Crippen LogP contribution >= 0.6 is 0 Å².